The van der Waals surface area contributed by atoms with Gasteiger partial charge >= 0.3 is 5.97 Å². The Bertz CT molecular complexity index is 508. The molecule has 1 aliphatic heterocycles. The van der Waals surface area contributed by atoms with Crippen molar-refractivity contribution in [2.45, 2.75) is 25.2 Å². The number of anilines is 1. The number of benzene rings is 1. The highest BCUT2D eigenvalue weighted by atomic mass is 16.4. The van der Waals surface area contributed by atoms with E-state index in [2.05, 4.69) is 0 Å². The standard InChI is InChI=1S/C14H15NO3/c16-13(17)7-10-8-15(14(18)9-5-6-9)12-4-2-1-3-11(10)12/h1-4,9-10H,5-8H2,(H,16,17). The summed E-state index contributed by atoms with van der Waals surface area (Å²) in [5.41, 5.74) is 1.90. The van der Waals surface area contributed by atoms with Gasteiger partial charge in [0.05, 0.1) is 6.42 Å². The number of hydrogen-bond donors (Lipinski definition) is 1. The van der Waals surface area contributed by atoms with E-state index in [9.17, 15) is 9.59 Å². The van der Waals surface area contributed by atoms with Crippen LogP contribution in [0.2, 0.25) is 0 Å². The number of hydrogen-bond acceptors (Lipinski definition) is 2. The van der Waals surface area contributed by atoms with E-state index >= 15 is 0 Å². The van der Waals surface area contributed by atoms with Crippen LogP contribution in [0.4, 0.5) is 5.69 Å². The van der Waals surface area contributed by atoms with Gasteiger partial charge in [-0.2, -0.15) is 0 Å². The third-order valence-electron chi connectivity index (χ3n) is 3.68. The van der Waals surface area contributed by atoms with Crippen molar-refractivity contribution in [3.63, 3.8) is 0 Å². The fraction of sp³-hybridized carbons (Fsp3) is 0.429. The van der Waals surface area contributed by atoms with E-state index in [1.54, 1.807) is 4.90 Å². The minimum absolute atomic E-state index is 0.0681. The lowest BCUT2D eigenvalue weighted by atomic mass is 9.98. The molecule has 1 unspecified atom stereocenters. The van der Waals surface area contributed by atoms with Crippen molar-refractivity contribution in [3.8, 4) is 0 Å². The van der Waals surface area contributed by atoms with Crippen LogP contribution in [0.1, 0.15) is 30.7 Å². The molecule has 0 bridgehead atoms. The number of aliphatic carboxylic acids is 1. The number of carbonyl (C=O) groups is 2. The minimum Gasteiger partial charge on any atom is -0.481 e. The quantitative estimate of drug-likeness (QED) is 0.886. The van der Waals surface area contributed by atoms with Crippen molar-refractivity contribution >= 4 is 17.6 Å². The molecular formula is C14H15NO3. The first-order valence-corrected chi connectivity index (χ1v) is 6.29. The third kappa shape index (κ3) is 1.88. The topological polar surface area (TPSA) is 57.6 Å². The number of carboxylic acids is 1. The van der Waals surface area contributed by atoms with Gasteiger partial charge in [-0.15, -0.1) is 0 Å². The van der Waals surface area contributed by atoms with E-state index in [0.29, 0.717) is 6.54 Å². The molecule has 0 radical (unpaired) electrons. The number of fused-ring (bicyclic) bond motifs is 1. The minimum atomic E-state index is -0.810. The average Bonchev–Trinajstić information content (AvgIpc) is 3.13. The second-order valence-corrected chi connectivity index (χ2v) is 5.08. The summed E-state index contributed by atoms with van der Waals surface area (Å²) >= 11 is 0. The molecule has 2 aliphatic rings. The zero-order chi connectivity index (χ0) is 12.7. The molecule has 1 atom stereocenters. The summed E-state index contributed by atoms with van der Waals surface area (Å²) in [5.74, 6) is -0.547. The van der Waals surface area contributed by atoms with Crippen molar-refractivity contribution in [1.29, 1.82) is 0 Å². The van der Waals surface area contributed by atoms with Gasteiger partial charge in [0.1, 0.15) is 0 Å². The summed E-state index contributed by atoms with van der Waals surface area (Å²) in [6.07, 6.45) is 2.04. The highest BCUT2D eigenvalue weighted by molar-refractivity contribution is 5.98. The van der Waals surface area contributed by atoms with Crippen LogP contribution in [0.3, 0.4) is 0 Å². The van der Waals surface area contributed by atoms with Gasteiger partial charge in [-0.25, -0.2) is 0 Å². The maximum atomic E-state index is 12.2. The van der Waals surface area contributed by atoms with Crippen molar-refractivity contribution in [2.24, 2.45) is 5.92 Å². The molecule has 0 spiro atoms. The summed E-state index contributed by atoms with van der Waals surface area (Å²) in [6.45, 7) is 0.515. The Morgan fingerprint density at radius 1 is 1.28 bits per heavy atom. The summed E-state index contributed by atoms with van der Waals surface area (Å²) in [7, 11) is 0. The molecule has 18 heavy (non-hydrogen) atoms. The lowest BCUT2D eigenvalue weighted by Crippen LogP contribution is -2.31. The van der Waals surface area contributed by atoms with Crippen LogP contribution in [0.25, 0.3) is 0 Å². The van der Waals surface area contributed by atoms with Crippen LogP contribution in [-0.4, -0.2) is 23.5 Å². The second-order valence-electron chi connectivity index (χ2n) is 5.08. The molecule has 4 nitrogen and oxygen atoms in total. The van der Waals surface area contributed by atoms with Crippen LogP contribution < -0.4 is 4.90 Å². The lowest BCUT2D eigenvalue weighted by Gasteiger charge is -2.17. The van der Waals surface area contributed by atoms with E-state index in [0.717, 1.165) is 24.1 Å². The molecule has 1 aliphatic carbocycles. The molecule has 1 heterocycles. The van der Waals surface area contributed by atoms with Gasteiger partial charge in [0, 0.05) is 24.1 Å². The molecule has 1 aromatic carbocycles. The number of amides is 1. The number of rotatable bonds is 3. The van der Waals surface area contributed by atoms with Gasteiger partial charge < -0.3 is 10.0 Å². The molecule has 4 heteroatoms. The van der Waals surface area contributed by atoms with Crippen LogP contribution >= 0.6 is 0 Å². The second kappa shape index (κ2) is 4.12. The third-order valence-corrected chi connectivity index (χ3v) is 3.68. The SMILES string of the molecule is O=C(O)CC1CN(C(=O)C2CC2)c2ccccc21. The van der Waals surface area contributed by atoms with E-state index in [-0.39, 0.29) is 24.2 Å². The average molecular weight is 245 g/mol. The Morgan fingerprint density at radius 2 is 2.00 bits per heavy atom. The van der Waals surface area contributed by atoms with E-state index in [1.807, 2.05) is 24.3 Å². The summed E-state index contributed by atoms with van der Waals surface area (Å²) < 4.78 is 0. The van der Waals surface area contributed by atoms with Crippen molar-refractivity contribution < 1.29 is 14.7 Å². The van der Waals surface area contributed by atoms with Gasteiger partial charge in [-0.1, -0.05) is 18.2 Å². The molecule has 94 valence electrons. The molecular weight excluding hydrogens is 230 g/mol. The molecule has 3 rings (SSSR count). The maximum Gasteiger partial charge on any atom is 0.304 e. The number of carboxylic acid groups (broad SMARTS) is 1. The van der Waals surface area contributed by atoms with Crippen LogP contribution in [0.5, 0.6) is 0 Å². The molecule has 1 saturated carbocycles. The van der Waals surface area contributed by atoms with E-state index < -0.39 is 5.97 Å². The number of carbonyl (C=O) groups excluding carboxylic acids is 1. The predicted octanol–water partition coefficient (Wildman–Crippen LogP) is 2.00. The van der Waals surface area contributed by atoms with Crippen molar-refractivity contribution in [3.05, 3.63) is 29.8 Å². The first-order chi connectivity index (χ1) is 8.66. The highest BCUT2D eigenvalue weighted by Crippen LogP contribution is 2.41. The summed E-state index contributed by atoms with van der Waals surface area (Å²) in [6, 6.07) is 7.65. The van der Waals surface area contributed by atoms with Crippen molar-refractivity contribution in [1.82, 2.24) is 0 Å². The Balaban J connectivity index is 1.90. The van der Waals surface area contributed by atoms with Gasteiger partial charge in [0.25, 0.3) is 0 Å². The smallest absolute Gasteiger partial charge is 0.304 e. The molecule has 1 aromatic rings. The predicted molar refractivity (Wildman–Crippen MR) is 66.5 cm³/mol. The number of nitrogens with zero attached hydrogens (tertiary/aromatic N) is 1. The van der Waals surface area contributed by atoms with Gasteiger partial charge in [0.2, 0.25) is 5.91 Å². The van der Waals surface area contributed by atoms with Crippen LogP contribution in [0, 0.1) is 5.92 Å². The normalized spacial score (nSPS) is 21.8. The molecule has 1 amide bonds. The van der Waals surface area contributed by atoms with Gasteiger partial charge in [0.15, 0.2) is 0 Å². The van der Waals surface area contributed by atoms with Gasteiger partial charge in [-0.3, -0.25) is 9.59 Å². The zero-order valence-corrected chi connectivity index (χ0v) is 10.0. The summed E-state index contributed by atoms with van der Waals surface area (Å²) in [4.78, 5) is 24.8. The summed E-state index contributed by atoms with van der Waals surface area (Å²) in [5, 5.41) is 8.94. The maximum absolute atomic E-state index is 12.2. The first-order valence-electron chi connectivity index (χ1n) is 6.29. The Kier molecular flexibility index (Phi) is 2.58. The molecule has 0 aromatic heterocycles. The fourth-order valence-corrected chi connectivity index (χ4v) is 2.64. The molecule has 1 N–H and O–H groups in total. The van der Waals surface area contributed by atoms with E-state index in [1.165, 1.54) is 0 Å². The first kappa shape index (κ1) is 11.3. The fourth-order valence-electron chi connectivity index (χ4n) is 2.64. The number of para-hydroxylation sites is 1. The van der Waals surface area contributed by atoms with Gasteiger partial charge in [-0.05, 0) is 24.5 Å². The Morgan fingerprint density at radius 3 is 2.67 bits per heavy atom. The zero-order valence-electron chi connectivity index (χ0n) is 10.0. The van der Waals surface area contributed by atoms with Crippen LogP contribution in [0.15, 0.2) is 24.3 Å². The Labute approximate surface area is 105 Å². The molecule has 0 saturated heterocycles. The van der Waals surface area contributed by atoms with Crippen molar-refractivity contribution in [2.75, 3.05) is 11.4 Å². The monoisotopic (exact) mass is 245 g/mol. The lowest BCUT2D eigenvalue weighted by molar-refractivity contribution is -0.137. The highest BCUT2D eigenvalue weighted by Gasteiger charge is 2.39. The molecule has 1 fully saturated rings. The Hall–Kier alpha value is -1.84. The van der Waals surface area contributed by atoms with E-state index in [4.69, 9.17) is 5.11 Å². The van der Waals surface area contributed by atoms with Crippen LogP contribution in [-0.2, 0) is 9.59 Å². The largest absolute Gasteiger partial charge is 0.481 e.